The van der Waals surface area contributed by atoms with Crippen LogP contribution in [0.2, 0.25) is 0 Å². The first-order valence-electron chi connectivity index (χ1n) is 6.16. The van der Waals surface area contributed by atoms with E-state index in [4.69, 9.17) is 4.74 Å². The predicted octanol–water partition coefficient (Wildman–Crippen LogP) is 2.04. The minimum absolute atomic E-state index is 0.0989. The number of allylic oxidation sites excluding steroid dienone is 1. The molecule has 1 aromatic rings. The maximum atomic E-state index is 11.6. The van der Waals surface area contributed by atoms with Crippen molar-refractivity contribution in [3.63, 3.8) is 0 Å². The van der Waals surface area contributed by atoms with E-state index in [0.29, 0.717) is 0 Å². The van der Waals surface area contributed by atoms with Crippen LogP contribution in [0.1, 0.15) is 6.92 Å². The molecule has 1 N–H and O–H groups in total. The summed E-state index contributed by atoms with van der Waals surface area (Å²) in [7, 11) is 0. The van der Waals surface area contributed by atoms with Gasteiger partial charge in [0.2, 0.25) is 5.91 Å². The lowest BCUT2D eigenvalue weighted by Gasteiger charge is -2.30. The molecule has 18 heavy (non-hydrogen) atoms. The van der Waals surface area contributed by atoms with Gasteiger partial charge >= 0.3 is 0 Å². The molecule has 0 spiro atoms. The highest BCUT2D eigenvalue weighted by Gasteiger charge is 2.14. The lowest BCUT2D eigenvalue weighted by atomic mass is 10.2. The highest BCUT2D eigenvalue weighted by atomic mass is 16.5. The third-order valence-corrected chi connectivity index (χ3v) is 2.83. The summed E-state index contributed by atoms with van der Waals surface area (Å²) in [5, 5.41) is 2.90. The number of carbonyl (C=O) groups excluding carboxylic acids is 1. The molecular weight excluding hydrogens is 228 g/mol. The van der Waals surface area contributed by atoms with Crippen LogP contribution in [0.15, 0.2) is 36.4 Å². The first-order valence-corrected chi connectivity index (χ1v) is 6.16. The van der Waals surface area contributed by atoms with Crippen LogP contribution in [0, 0.1) is 0 Å². The van der Waals surface area contributed by atoms with Gasteiger partial charge in [0.25, 0.3) is 0 Å². The van der Waals surface area contributed by atoms with E-state index in [2.05, 4.69) is 10.2 Å². The second-order valence-corrected chi connectivity index (χ2v) is 4.11. The summed E-state index contributed by atoms with van der Waals surface area (Å²) >= 11 is 0. The van der Waals surface area contributed by atoms with Gasteiger partial charge in [-0.3, -0.25) is 4.79 Å². The van der Waals surface area contributed by atoms with Crippen LogP contribution in [0.25, 0.3) is 0 Å². The quantitative estimate of drug-likeness (QED) is 0.830. The molecular formula is C14H18N2O2. The summed E-state index contributed by atoms with van der Waals surface area (Å²) in [6.45, 7) is 5.01. The second-order valence-electron chi connectivity index (χ2n) is 4.11. The molecule has 0 unspecified atom stereocenters. The maximum Gasteiger partial charge on any atom is 0.248 e. The van der Waals surface area contributed by atoms with E-state index in [0.717, 1.165) is 37.7 Å². The Morgan fingerprint density at radius 2 is 2.06 bits per heavy atom. The molecule has 1 aromatic carbocycles. The number of rotatable bonds is 3. The van der Waals surface area contributed by atoms with E-state index < -0.39 is 0 Å². The zero-order valence-electron chi connectivity index (χ0n) is 10.6. The number of para-hydroxylation sites is 2. The van der Waals surface area contributed by atoms with Crippen molar-refractivity contribution in [2.45, 2.75) is 6.92 Å². The van der Waals surface area contributed by atoms with Gasteiger partial charge in [-0.15, -0.1) is 0 Å². The van der Waals surface area contributed by atoms with Crippen molar-refractivity contribution < 1.29 is 9.53 Å². The molecule has 0 aromatic heterocycles. The average Bonchev–Trinajstić information content (AvgIpc) is 2.40. The third kappa shape index (κ3) is 3.11. The van der Waals surface area contributed by atoms with Crippen molar-refractivity contribution >= 4 is 17.3 Å². The largest absolute Gasteiger partial charge is 0.378 e. The topological polar surface area (TPSA) is 41.6 Å². The van der Waals surface area contributed by atoms with E-state index >= 15 is 0 Å². The van der Waals surface area contributed by atoms with Crippen LogP contribution < -0.4 is 10.2 Å². The summed E-state index contributed by atoms with van der Waals surface area (Å²) in [4.78, 5) is 13.8. The Labute approximate surface area is 107 Å². The van der Waals surface area contributed by atoms with E-state index in [1.165, 1.54) is 6.08 Å². The van der Waals surface area contributed by atoms with E-state index in [1.54, 1.807) is 6.08 Å². The zero-order chi connectivity index (χ0) is 12.8. The zero-order valence-corrected chi connectivity index (χ0v) is 10.6. The number of anilines is 2. The van der Waals surface area contributed by atoms with Crippen molar-refractivity contribution in [1.29, 1.82) is 0 Å². The molecule has 4 nitrogen and oxygen atoms in total. The molecule has 0 aliphatic carbocycles. The number of morpholine rings is 1. The highest BCUT2D eigenvalue weighted by molar-refractivity contribution is 6.01. The summed E-state index contributed by atoms with van der Waals surface area (Å²) in [6.07, 6.45) is 3.25. The molecule has 96 valence electrons. The van der Waals surface area contributed by atoms with E-state index in [9.17, 15) is 4.79 Å². The molecule has 1 fully saturated rings. The molecule has 1 aliphatic heterocycles. The van der Waals surface area contributed by atoms with Crippen LogP contribution in [0.4, 0.5) is 11.4 Å². The van der Waals surface area contributed by atoms with Crippen LogP contribution in [0.5, 0.6) is 0 Å². The van der Waals surface area contributed by atoms with Crippen LogP contribution in [-0.2, 0) is 9.53 Å². The number of hydrogen-bond acceptors (Lipinski definition) is 3. The number of amides is 1. The number of carbonyl (C=O) groups is 1. The fourth-order valence-corrected chi connectivity index (χ4v) is 1.99. The number of nitrogens with one attached hydrogen (secondary N) is 1. The van der Waals surface area contributed by atoms with Crippen molar-refractivity contribution in [2.24, 2.45) is 0 Å². The SMILES string of the molecule is CC=CC(=O)Nc1ccccc1N1CCOCC1. The van der Waals surface area contributed by atoms with Gasteiger partial charge in [-0.1, -0.05) is 18.2 Å². The van der Waals surface area contributed by atoms with Crippen LogP contribution in [0.3, 0.4) is 0 Å². The molecule has 0 radical (unpaired) electrons. The summed E-state index contributed by atoms with van der Waals surface area (Å²) in [6, 6.07) is 7.86. The lowest BCUT2D eigenvalue weighted by molar-refractivity contribution is -0.111. The number of benzene rings is 1. The average molecular weight is 246 g/mol. The first kappa shape index (κ1) is 12.6. The standard InChI is InChI=1S/C14H18N2O2/c1-2-5-14(17)15-12-6-3-4-7-13(12)16-8-10-18-11-9-16/h2-7H,8-11H2,1H3,(H,15,17). The second kappa shape index (κ2) is 6.21. The van der Waals surface area contributed by atoms with Gasteiger partial charge in [0.05, 0.1) is 24.6 Å². The molecule has 1 amide bonds. The number of hydrogen-bond donors (Lipinski definition) is 1. The van der Waals surface area contributed by atoms with Crippen LogP contribution in [-0.4, -0.2) is 32.2 Å². The van der Waals surface area contributed by atoms with E-state index in [1.807, 2.05) is 31.2 Å². The first-order chi connectivity index (χ1) is 8.81. The molecule has 0 atom stereocenters. The van der Waals surface area contributed by atoms with Crippen molar-refractivity contribution in [2.75, 3.05) is 36.5 Å². The normalized spacial score (nSPS) is 15.9. The molecule has 1 aliphatic rings. The smallest absolute Gasteiger partial charge is 0.248 e. The molecule has 1 heterocycles. The van der Waals surface area contributed by atoms with Gasteiger partial charge < -0.3 is 15.0 Å². The lowest BCUT2D eigenvalue weighted by Crippen LogP contribution is -2.36. The minimum Gasteiger partial charge on any atom is -0.378 e. The Kier molecular flexibility index (Phi) is 4.36. The molecule has 4 heteroatoms. The maximum absolute atomic E-state index is 11.6. The minimum atomic E-state index is -0.0989. The molecule has 0 bridgehead atoms. The molecule has 1 saturated heterocycles. The number of ether oxygens (including phenoxy) is 1. The van der Waals surface area contributed by atoms with Gasteiger partial charge in [-0.25, -0.2) is 0 Å². The van der Waals surface area contributed by atoms with Gasteiger partial charge in [-0.05, 0) is 25.1 Å². The van der Waals surface area contributed by atoms with Gasteiger partial charge in [0, 0.05) is 13.1 Å². The summed E-state index contributed by atoms with van der Waals surface area (Å²) < 4.78 is 5.34. The Morgan fingerprint density at radius 3 is 2.78 bits per heavy atom. The molecule has 2 rings (SSSR count). The van der Waals surface area contributed by atoms with Crippen LogP contribution >= 0.6 is 0 Å². The number of nitrogens with zero attached hydrogens (tertiary/aromatic N) is 1. The summed E-state index contributed by atoms with van der Waals surface area (Å²) in [5.74, 6) is -0.0989. The Morgan fingerprint density at radius 1 is 1.33 bits per heavy atom. The highest BCUT2D eigenvalue weighted by Crippen LogP contribution is 2.26. The monoisotopic (exact) mass is 246 g/mol. The fraction of sp³-hybridized carbons (Fsp3) is 0.357. The predicted molar refractivity (Wildman–Crippen MR) is 72.9 cm³/mol. The van der Waals surface area contributed by atoms with Crippen molar-refractivity contribution in [1.82, 2.24) is 0 Å². The van der Waals surface area contributed by atoms with Gasteiger partial charge in [0.15, 0.2) is 0 Å². The third-order valence-electron chi connectivity index (χ3n) is 2.83. The fourth-order valence-electron chi connectivity index (χ4n) is 1.99. The Hall–Kier alpha value is -1.81. The Bertz CT molecular complexity index is 437. The Balaban J connectivity index is 2.16. The van der Waals surface area contributed by atoms with Crippen molar-refractivity contribution in [3.8, 4) is 0 Å². The van der Waals surface area contributed by atoms with Gasteiger partial charge in [0.1, 0.15) is 0 Å². The molecule has 0 saturated carbocycles. The summed E-state index contributed by atoms with van der Waals surface area (Å²) in [5.41, 5.74) is 1.90. The van der Waals surface area contributed by atoms with Gasteiger partial charge in [-0.2, -0.15) is 0 Å². The van der Waals surface area contributed by atoms with Crippen molar-refractivity contribution in [3.05, 3.63) is 36.4 Å². The van der Waals surface area contributed by atoms with E-state index in [-0.39, 0.29) is 5.91 Å².